The van der Waals surface area contributed by atoms with Crippen molar-refractivity contribution in [2.75, 3.05) is 0 Å². The lowest BCUT2D eigenvalue weighted by Gasteiger charge is -2.54. The van der Waals surface area contributed by atoms with Crippen LogP contribution >= 0.6 is 0 Å². The van der Waals surface area contributed by atoms with Crippen LogP contribution in [0.2, 0.25) is 0 Å². The van der Waals surface area contributed by atoms with E-state index in [1.54, 1.807) is 5.57 Å². The summed E-state index contributed by atoms with van der Waals surface area (Å²) in [4.78, 5) is 4.39. The Labute approximate surface area is 210 Å². The van der Waals surface area contributed by atoms with E-state index in [1.807, 2.05) is 12.4 Å². The number of hydrogen-bond donors (Lipinski definition) is 1. The SMILES string of the molecule is CC(C)(C)NC1CCC2=CC3=CC[C@@]4(C)C(c5ccc6ccncc6c5)CC[C@H]4[C@@]34CC[C@]2(C1)O4. The third-order valence-electron chi connectivity index (χ3n) is 10.4. The van der Waals surface area contributed by atoms with Crippen LogP contribution in [0.25, 0.3) is 10.8 Å². The van der Waals surface area contributed by atoms with Crippen molar-refractivity contribution < 1.29 is 4.74 Å². The molecule has 6 atom stereocenters. The number of nitrogens with one attached hydrogen (secondary N) is 1. The maximum atomic E-state index is 7.47. The van der Waals surface area contributed by atoms with E-state index < -0.39 is 0 Å². The highest BCUT2D eigenvalue weighted by Gasteiger charge is 2.66. The largest absolute Gasteiger partial charge is 0.359 e. The number of allylic oxidation sites excluding steroid dienone is 1. The third-order valence-corrected chi connectivity index (χ3v) is 10.4. The summed E-state index contributed by atoms with van der Waals surface area (Å²) in [7, 11) is 0. The van der Waals surface area contributed by atoms with Crippen LogP contribution in [0.4, 0.5) is 0 Å². The Morgan fingerprint density at radius 1 is 1.06 bits per heavy atom. The van der Waals surface area contributed by atoms with Crippen LogP contribution < -0.4 is 5.32 Å². The molecule has 3 nitrogen and oxygen atoms in total. The van der Waals surface area contributed by atoms with Gasteiger partial charge in [-0.25, -0.2) is 0 Å². The van der Waals surface area contributed by atoms with Crippen molar-refractivity contribution >= 4 is 10.8 Å². The topological polar surface area (TPSA) is 34.2 Å². The Balaban J connectivity index is 1.24. The molecule has 2 aromatic rings. The molecular formula is C32H40N2O. The summed E-state index contributed by atoms with van der Waals surface area (Å²) in [5, 5.41) is 6.46. The van der Waals surface area contributed by atoms with Gasteiger partial charge in [-0.15, -0.1) is 0 Å². The summed E-state index contributed by atoms with van der Waals surface area (Å²) >= 11 is 0. The zero-order valence-corrected chi connectivity index (χ0v) is 21.9. The molecule has 2 saturated carbocycles. The van der Waals surface area contributed by atoms with Gasteiger partial charge >= 0.3 is 0 Å². The maximum Gasteiger partial charge on any atom is 0.0974 e. The number of ether oxygens (including phenoxy) is 1. The summed E-state index contributed by atoms with van der Waals surface area (Å²) in [5.74, 6) is 1.18. The number of fused-ring (bicyclic) bond motifs is 2. The molecule has 1 aromatic carbocycles. The molecule has 3 aliphatic carbocycles. The van der Waals surface area contributed by atoms with Crippen LogP contribution in [0.3, 0.4) is 0 Å². The molecule has 2 spiro atoms. The molecule has 1 N–H and O–H groups in total. The van der Waals surface area contributed by atoms with Gasteiger partial charge in [0.05, 0.1) is 11.2 Å². The zero-order valence-electron chi connectivity index (χ0n) is 21.9. The average Bonchev–Trinajstić information content (AvgIpc) is 3.33. The van der Waals surface area contributed by atoms with Gasteiger partial charge in [0.15, 0.2) is 0 Å². The minimum Gasteiger partial charge on any atom is -0.359 e. The monoisotopic (exact) mass is 468 g/mol. The van der Waals surface area contributed by atoms with E-state index in [-0.39, 0.29) is 22.2 Å². The predicted octanol–water partition coefficient (Wildman–Crippen LogP) is 7.23. The van der Waals surface area contributed by atoms with Crippen molar-refractivity contribution in [3.8, 4) is 0 Å². The highest BCUT2D eigenvalue weighted by molar-refractivity contribution is 5.82. The minimum absolute atomic E-state index is 0.0382. The quantitative estimate of drug-likeness (QED) is 0.505. The number of rotatable bonds is 2. The first-order valence-electron chi connectivity index (χ1n) is 13.9. The molecule has 3 heteroatoms. The fourth-order valence-electron chi connectivity index (χ4n) is 9.01. The van der Waals surface area contributed by atoms with Crippen molar-refractivity contribution in [3.05, 3.63) is 65.5 Å². The zero-order chi connectivity index (χ0) is 24.1. The standard InChI is InChI=1S/C32H40N2O/c1-29(2,3)34-26-8-7-24-18-25-11-13-30(4)27(22-6-5-21-12-16-33-20-23(21)17-22)9-10-28(30)32(25)15-14-31(24,19-26)35-32/h5-6,11-12,16-18,20,26-28,34H,7-10,13-15,19H2,1-4H3/t26?,27?,28-,30+,31-,32-/m1/s1. The molecule has 2 unspecified atom stereocenters. The van der Waals surface area contributed by atoms with Crippen molar-refractivity contribution in [2.24, 2.45) is 11.3 Å². The van der Waals surface area contributed by atoms with Crippen molar-refractivity contribution in [1.29, 1.82) is 0 Å². The van der Waals surface area contributed by atoms with Gasteiger partial charge in [-0.2, -0.15) is 0 Å². The van der Waals surface area contributed by atoms with Crippen LogP contribution in [-0.2, 0) is 4.74 Å². The van der Waals surface area contributed by atoms with Gasteiger partial charge in [-0.05, 0) is 124 Å². The van der Waals surface area contributed by atoms with Gasteiger partial charge in [0.1, 0.15) is 0 Å². The normalized spacial score (nSPS) is 40.1. The summed E-state index contributed by atoms with van der Waals surface area (Å²) in [6.45, 7) is 9.46. The maximum absolute atomic E-state index is 7.47. The van der Waals surface area contributed by atoms with E-state index in [1.165, 1.54) is 66.9 Å². The van der Waals surface area contributed by atoms with Gasteiger partial charge in [-0.3, -0.25) is 4.98 Å². The fourth-order valence-corrected chi connectivity index (χ4v) is 9.01. The number of hydrogen-bond acceptors (Lipinski definition) is 3. The Kier molecular flexibility index (Phi) is 4.64. The van der Waals surface area contributed by atoms with Crippen molar-refractivity contribution in [2.45, 2.75) is 108 Å². The first-order chi connectivity index (χ1) is 16.7. The number of benzene rings is 1. The second-order valence-electron chi connectivity index (χ2n) is 13.5. The molecule has 3 fully saturated rings. The Hall–Kier alpha value is -1.97. The summed E-state index contributed by atoms with van der Waals surface area (Å²) in [6, 6.07) is 9.77. The Bertz CT molecular complexity index is 1250. The lowest BCUT2D eigenvalue weighted by Crippen LogP contribution is -2.56. The van der Waals surface area contributed by atoms with E-state index >= 15 is 0 Å². The molecule has 2 aliphatic heterocycles. The van der Waals surface area contributed by atoms with Gasteiger partial charge in [0.25, 0.3) is 0 Å². The molecule has 3 heterocycles. The van der Waals surface area contributed by atoms with Gasteiger partial charge < -0.3 is 10.1 Å². The number of nitrogens with zero attached hydrogens (tertiary/aromatic N) is 1. The van der Waals surface area contributed by atoms with Crippen LogP contribution in [0.1, 0.15) is 90.5 Å². The van der Waals surface area contributed by atoms with Crippen molar-refractivity contribution in [1.82, 2.24) is 10.3 Å². The molecule has 5 aliphatic rings. The van der Waals surface area contributed by atoms with Crippen molar-refractivity contribution in [3.63, 3.8) is 0 Å². The van der Waals surface area contributed by atoms with Gasteiger partial charge in [0, 0.05) is 29.4 Å². The first-order valence-corrected chi connectivity index (χ1v) is 13.9. The van der Waals surface area contributed by atoms with E-state index in [0.717, 1.165) is 6.42 Å². The molecule has 1 aromatic heterocycles. The average molecular weight is 469 g/mol. The fraction of sp³-hybridized carbons (Fsp3) is 0.594. The molecule has 7 rings (SSSR count). The van der Waals surface area contributed by atoms with Crippen LogP contribution in [0.5, 0.6) is 0 Å². The van der Waals surface area contributed by atoms with E-state index in [9.17, 15) is 0 Å². The van der Waals surface area contributed by atoms with E-state index in [0.29, 0.717) is 17.9 Å². The lowest BCUT2D eigenvalue weighted by molar-refractivity contribution is -0.136. The van der Waals surface area contributed by atoms with Gasteiger partial charge in [-0.1, -0.05) is 31.2 Å². The highest BCUT2D eigenvalue weighted by atomic mass is 16.5. The second kappa shape index (κ2) is 7.29. The summed E-state index contributed by atoms with van der Waals surface area (Å²) in [6.07, 6.45) is 18.7. The first kappa shape index (κ1) is 22.2. The Morgan fingerprint density at radius 2 is 1.94 bits per heavy atom. The Morgan fingerprint density at radius 3 is 2.80 bits per heavy atom. The lowest BCUT2D eigenvalue weighted by atomic mass is 9.58. The number of pyridine rings is 1. The molecular weight excluding hydrogens is 428 g/mol. The summed E-state index contributed by atoms with van der Waals surface area (Å²) in [5.41, 5.74) is 4.88. The molecule has 2 bridgehead atoms. The molecule has 184 valence electrons. The summed E-state index contributed by atoms with van der Waals surface area (Å²) < 4.78 is 7.47. The molecule has 0 radical (unpaired) electrons. The molecule has 35 heavy (non-hydrogen) atoms. The second-order valence-corrected chi connectivity index (χ2v) is 13.5. The predicted molar refractivity (Wildman–Crippen MR) is 142 cm³/mol. The van der Waals surface area contributed by atoms with E-state index in [2.05, 4.69) is 74.4 Å². The molecule has 0 amide bonds. The number of aromatic nitrogens is 1. The highest BCUT2D eigenvalue weighted by Crippen LogP contribution is 2.69. The van der Waals surface area contributed by atoms with Crippen LogP contribution in [0.15, 0.2) is 60.0 Å². The smallest absolute Gasteiger partial charge is 0.0974 e. The van der Waals surface area contributed by atoms with Crippen LogP contribution in [0, 0.1) is 11.3 Å². The third kappa shape index (κ3) is 3.20. The van der Waals surface area contributed by atoms with E-state index in [4.69, 9.17) is 4.74 Å². The van der Waals surface area contributed by atoms with Gasteiger partial charge in [0.2, 0.25) is 0 Å². The minimum atomic E-state index is -0.0761. The molecule has 1 saturated heterocycles. The van der Waals surface area contributed by atoms with Crippen LogP contribution in [-0.4, -0.2) is 27.8 Å².